The van der Waals surface area contributed by atoms with Crippen molar-refractivity contribution in [3.05, 3.63) is 220 Å². The smallest absolute Gasteiger partial charge is 0.270 e. The maximum absolute atomic E-state index is 11.2. The number of halogens is 1. The van der Waals surface area contributed by atoms with Crippen LogP contribution in [0.3, 0.4) is 0 Å². The van der Waals surface area contributed by atoms with Crippen LogP contribution in [0.1, 0.15) is 33.4 Å². The Morgan fingerprint density at radius 2 is 0.896 bits per heavy atom. The predicted octanol–water partition coefficient (Wildman–Crippen LogP) is 9.14. The molecule has 0 spiro atoms. The van der Waals surface area contributed by atoms with Gasteiger partial charge in [0.05, 0.1) is 26.5 Å². The van der Waals surface area contributed by atoms with Crippen LogP contribution in [0.25, 0.3) is 45.0 Å². The maximum Gasteiger partial charge on any atom is 0.270 e. The fourth-order valence-electron chi connectivity index (χ4n) is 6.59. The second-order valence-corrected chi connectivity index (χ2v) is 14.9. The standard InChI is InChI=1S/C18H12N4O3.C18H14N4O.C13H8ClN3O2/c1-12-2-3-15(22(24)25)9-17(12)14-8-13(10-19)18(20-11-14)21-6-4-16(23)5-7-21;1-12-2-3-15(20)9-17(12)14-8-13(10-19)18(21-11-14)22-6-4-16(23)5-7-22;1-8-2-3-11(17(18)19)5-12(8)10-4-9(6-15)13(14)16-7-10/h2-9,11H,1H3;2-9,11H,20H2,1H3;2-5,7H,1H3. The summed E-state index contributed by atoms with van der Waals surface area (Å²) in [5, 5.41) is 49.7. The Morgan fingerprint density at radius 3 is 1.28 bits per heavy atom. The Bertz CT molecular complexity index is 3450. The number of hydrogen-bond acceptors (Lipinski definition) is 13. The zero-order valence-corrected chi connectivity index (χ0v) is 36.4. The molecule has 0 aliphatic rings. The molecule has 0 amide bonds. The van der Waals surface area contributed by atoms with Crippen molar-refractivity contribution in [3.63, 3.8) is 0 Å². The minimum absolute atomic E-state index is 0.00550. The number of benzene rings is 3. The van der Waals surface area contributed by atoms with Gasteiger partial charge in [-0.3, -0.25) is 29.8 Å². The van der Waals surface area contributed by atoms with Crippen LogP contribution < -0.4 is 16.6 Å². The molecule has 0 aliphatic heterocycles. The summed E-state index contributed by atoms with van der Waals surface area (Å²) >= 11 is 5.76. The van der Waals surface area contributed by atoms with E-state index in [0.29, 0.717) is 50.7 Å². The monoisotopic (exact) mass is 907 g/mol. The van der Waals surface area contributed by atoms with Gasteiger partial charge in [-0.15, -0.1) is 0 Å². The Labute approximate surface area is 386 Å². The first-order valence-electron chi connectivity index (χ1n) is 19.7. The Balaban J connectivity index is 0.000000167. The quantitative estimate of drug-likeness (QED) is 0.0677. The minimum Gasteiger partial charge on any atom is -0.399 e. The van der Waals surface area contributed by atoms with E-state index < -0.39 is 9.85 Å². The lowest BCUT2D eigenvalue weighted by Crippen LogP contribution is -2.05. The zero-order chi connectivity index (χ0) is 48.4. The number of hydrogen-bond donors (Lipinski definition) is 1. The van der Waals surface area contributed by atoms with Crippen LogP contribution in [0, 0.1) is 75.0 Å². The average molecular weight is 908 g/mol. The van der Waals surface area contributed by atoms with Crippen LogP contribution in [0.15, 0.2) is 150 Å². The van der Waals surface area contributed by atoms with Crippen molar-refractivity contribution in [1.29, 1.82) is 15.8 Å². The van der Waals surface area contributed by atoms with Gasteiger partial charge in [-0.25, -0.2) is 15.0 Å². The van der Waals surface area contributed by atoms with E-state index in [1.807, 2.05) is 45.0 Å². The van der Waals surface area contributed by atoms with Crippen molar-refractivity contribution >= 4 is 28.7 Å². The topological polar surface area (TPSA) is 266 Å². The van der Waals surface area contributed by atoms with Gasteiger partial charge in [-0.1, -0.05) is 29.8 Å². The largest absolute Gasteiger partial charge is 0.399 e. The molecule has 5 heterocycles. The molecule has 18 heteroatoms. The molecule has 17 nitrogen and oxygen atoms in total. The molecule has 5 aromatic heterocycles. The van der Waals surface area contributed by atoms with E-state index in [1.54, 1.807) is 64.3 Å². The van der Waals surface area contributed by atoms with Crippen LogP contribution in [0.4, 0.5) is 17.1 Å². The van der Waals surface area contributed by atoms with Crippen LogP contribution >= 0.6 is 11.6 Å². The molecule has 0 atom stereocenters. The lowest BCUT2D eigenvalue weighted by atomic mass is 10.00. The van der Waals surface area contributed by atoms with Gasteiger partial charge >= 0.3 is 0 Å². The van der Waals surface area contributed by atoms with E-state index in [9.17, 15) is 40.3 Å². The molecule has 0 saturated carbocycles. The number of non-ortho nitro benzene ring substituents is 2. The molecular weight excluding hydrogens is 874 g/mol. The Kier molecular flexibility index (Phi) is 14.5. The number of pyridine rings is 5. The fraction of sp³-hybridized carbons (Fsp3) is 0.0612. The molecular formula is C49H34ClN11O6. The number of nitro benzene ring substituents is 2. The molecule has 0 fully saturated rings. The molecule has 8 rings (SSSR count). The summed E-state index contributed by atoms with van der Waals surface area (Å²) in [5.41, 5.74) is 14.3. The minimum atomic E-state index is -0.462. The van der Waals surface area contributed by atoms with E-state index in [-0.39, 0.29) is 32.9 Å². The third kappa shape index (κ3) is 11.1. The molecule has 8 aromatic rings. The highest BCUT2D eigenvalue weighted by Gasteiger charge is 2.15. The van der Waals surface area contributed by atoms with Gasteiger partial charge in [-0.05, 0) is 84.5 Å². The van der Waals surface area contributed by atoms with Crippen LogP contribution in [-0.4, -0.2) is 33.9 Å². The lowest BCUT2D eigenvalue weighted by Gasteiger charge is -2.11. The summed E-state index contributed by atoms with van der Waals surface area (Å²) < 4.78 is 3.22. The summed E-state index contributed by atoms with van der Waals surface area (Å²) in [6.45, 7) is 5.65. The normalized spacial score (nSPS) is 10.2. The number of nitriles is 3. The molecule has 328 valence electrons. The maximum atomic E-state index is 11.2. The van der Waals surface area contributed by atoms with Crippen LogP contribution in [0.5, 0.6) is 0 Å². The molecule has 0 bridgehead atoms. The van der Waals surface area contributed by atoms with Crippen molar-refractivity contribution in [2.45, 2.75) is 20.8 Å². The first-order chi connectivity index (χ1) is 32.1. The van der Waals surface area contributed by atoms with Crippen molar-refractivity contribution in [1.82, 2.24) is 24.1 Å². The summed E-state index contributed by atoms with van der Waals surface area (Å²) in [6, 6.07) is 31.5. The Hall–Kier alpha value is -9.63. The third-order valence-electron chi connectivity index (χ3n) is 10.1. The number of aromatic nitrogens is 5. The van der Waals surface area contributed by atoms with Gasteiger partial charge in [0.15, 0.2) is 22.5 Å². The molecule has 2 N–H and O–H groups in total. The molecule has 67 heavy (non-hydrogen) atoms. The number of nitrogen functional groups attached to an aromatic ring is 1. The SMILES string of the molecule is Cc1ccc(N)cc1-c1cnc(-n2ccc(=O)cc2)c(C#N)c1.Cc1ccc([N+](=O)[O-])cc1-c1cnc(-n2ccc(=O)cc2)c(C#N)c1.Cc1ccc([N+](=O)[O-])cc1-c1cnc(Cl)c(C#N)c1. The first kappa shape index (κ1) is 46.9. The fourth-order valence-corrected chi connectivity index (χ4v) is 6.73. The number of nitrogens with zero attached hydrogens (tertiary/aromatic N) is 10. The van der Waals surface area contributed by atoms with Gasteiger partial charge in [-0.2, -0.15) is 15.8 Å². The second-order valence-electron chi connectivity index (χ2n) is 14.6. The van der Waals surface area contributed by atoms with Crippen molar-refractivity contribution in [2.75, 3.05) is 5.73 Å². The van der Waals surface area contributed by atoms with Crippen molar-refractivity contribution < 1.29 is 9.85 Å². The highest BCUT2D eigenvalue weighted by atomic mass is 35.5. The number of rotatable bonds is 7. The molecule has 0 aliphatic carbocycles. The van der Waals surface area contributed by atoms with E-state index in [0.717, 1.165) is 27.8 Å². The van der Waals surface area contributed by atoms with E-state index in [4.69, 9.17) is 22.6 Å². The van der Waals surface area contributed by atoms with E-state index >= 15 is 0 Å². The highest BCUT2D eigenvalue weighted by molar-refractivity contribution is 6.30. The van der Waals surface area contributed by atoms with Crippen LogP contribution in [-0.2, 0) is 0 Å². The molecule has 0 saturated heterocycles. The van der Waals surface area contributed by atoms with Gasteiger partial charge in [0.25, 0.3) is 11.4 Å². The van der Waals surface area contributed by atoms with Gasteiger partial charge in [0.1, 0.15) is 23.4 Å². The summed E-state index contributed by atoms with van der Waals surface area (Å²) in [5.74, 6) is 0.868. The van der Waals surface area contributed by atoms with Crippen LogP contribution in [0.2, 0.25) is 5.15 Å². The zero-order valence-electron chi connectivity index (χ0n) is 35.7. The van der Waals surface area contributed by atoms with Crippen molar-refractivity contribution in [2.24, 2.45) is 0 Å². The first-order valence-corrected chi connectivity index (χ1v) is 20.1. The number of nitrogens with two attached hydrogens (primary N) is 1. The Morgan fingerprint density at radius 1 is 0.537 bits per heavy atom. The summed E-state index contributed by atoms with van der Waals surface area (Å²) in [4.78, 5) is 55.9. The van der Waals surface area contributed by atoms with Gasteiger partial charge in [0.2, 0.25) is 0 Å². The average Bonchev–Trinajstić information content (AvgIpc) is 3.33. The number of nitro groups is 2. The molecule has 0 unspecified atom stereocenters. The highest BCUT2D eigenvalue weighted by Crippen LogP contribution is 2.31. The summed E-state index contributed by atoms with van der Waals surface area (Å²) in [6.07, 6.45) is 11.0. The third-order valence-corrected chi connectivity index (χ3v) is 10.4. The molecule has 0 radical (unpaired) electrons. The lowest BCUT2D eigenvalue weighted by molar-refractivity contribution is -0.385. The number of anilines is 1. The van der Waals surface area contributed by atoms with Gasteiger partial charge in [0, 0.05) is 114 Å². The summed E-state index contributed by atoms with van der Waals surface area (Å²) in [7, 11) is 0. The molecule has 3 aromatic carbocycles. The predicted molar refractivity (Wildman–Crippen MR) is 251 cm³/mol. The van der Waals surface area contributed by atoms with E-state index in [1.165, 1.54) is 67.1 Å². The van der Waals surface area contributed by atoms with E-state index in [2.05, 4.69) is 27.1 Å². The van der Waals surface area contributed by atoms with Gasteiger partial charge < -0.3 is 14.9 Å². The number of aryl methyl sites for hydroxylation is 3. The second kappa shape index (κ2) is 20.7. The van der Waals surface area contributed by atoms with Crippen molar-refractivity contribution in [3.8, 4) is 63.2 Å².